The number of hydrogen-bond donors (Lipinski definition) is 0. The van der Waals surface area contributed by atoms with Crippen LogP contribution in [-0.4, -0.2) is 31.5 Å². The van der Waals surface area contributed by atoms with E-state index in [1.54, 1.807) is 13.8 Å². The second kappa shape index (κ2) is 6.38. The molecule has 0 saturated heterocycles. The lowest BCUT2D eigenvalue weighted by Gasteiger charge is -2.24. The second-order valence-corrected chi connectivity index (χ2v) is 7.32. The Morgan fingerprint density at radius 1 is 1.29 bits per heavy atom. The third-order valence-corrected chi connectivity index (χ3v) is 6.03. The Bertz CT molecular complexity index is 342. The number of hydrogen-bond acceptors (Lipinski definition) is 4. The van der Waals surface area contributed by atoms with Crippen molar-refractivity contribution < 1.29 is 17.9 Å². The van der Waals surface area contributed by atoms with Crippen molar-refractivity contribution in [3.63, 3.8) is 0 Å². The molecule has 0 heterocycles. The largest absolute Gasteiger partial charge is 0.466 e. The lowest BCUT2D eigenvalue weighted by molar-refractivity contribution is -0.143. The molecule has 4 nitrogen and oxygen atoms in total. The molecule has 1 saturated carbocycles. The molecular formula is C12H22O4S. The van der Waals surface area contributed by atoms with E-state index in [1.165, 1.54) is 0 Å². The van der Waals surface area contributed by atoms with Crippen molar-refractivity contribution in [1.82, 2.24) is 0 Å². The molecule has 17 heavy (non-hydrogen) atoms. The van der Waals surface area contributed by atoms with E-state index in [0.717, 1.165) is 32.1 Å². The van der Waals surface area contributed by atoms with E-state index in [1.807, 2.05) is 0 Å². The molecule has 0 aromatic carbocycles. The lowest BCUT2D eigenvalue weighted by atomic mass is 10.0. The van der Waals surface area contributed by atoms with Crippen LogP contribution in [0.2, 0.25) is 0 Å². The number of ether oxygens (including phenoxy) is 1. The quantitative estimate of drug-likeness (QED) is 0.712. The summed E-state index contributed by atoms with van der Waals surface area (Å²) in [5, 5.41) is -0.870. The maximum Gasteiger partial charge on any atom is 0.307 e. The molecule has 0 radical (unpaired) electrons. The van der Waals surface area contributed by atoms with Crippen LogP contribution in [0.5, 0.6) is 0 Å². The highest BCUT2D eigenvalue weighted by Gasteiger charge is 2.33. The first-order chi connectivity index (χ1) is 7.98. The number of carbonyl (C=O) groups excluding carboxylic acids is 1. The van der Waals surface area contributed by atoms with Gasteiger partial charge in [0.25, 0.3) is 0 Å². The highest BCUT2D eigenvalue weighted by atomic mass is 32.2. The summed E-state index contributed by atoms with van der Waals surface area (Å²) in [5.74, 6) is -0.417. The Morgan fingerprint density at radius 2 is 1.88 bits per heavy atom. The van der Waals surface area contributed by atoms with Gasteiger partial charge in [0.1, 0.15) is 0 Å². The zero-order valence-corrected chi connectivity index (χ0v) is 11.5. The zero-order chi connectivity index (χ0) is 12.9. The van der Waals surface area contributed by atoms with Crippen molar-refractivity contribution >= 4 is 15.8 Å². The van der Waals surface area contributed by atoms with Crippen LogP contribution in [0.4, 0.5) is 0 Å². The van der Waals surface area contributed by atoms with Gasteiger partial charge in [-0.1, -0.05) is 19.3 Å². The van der Waals surface area contributed by atoms with Gasteiger partial charge in [-0.3, -0.25) is 4.79 Å². The van der Waals surface area contributed by atoms with E-state index >= 15 is 0 Å². The molecule has 0 spiro atoms. The fraction of sp³-hybridized carbons (Fsp3) is 0.917. The molecule has 1 unspecified atom stereocenters. The SMILES string of the molecule is CCOC(=O)CC(C)S(=O)(=O)C1CCCCC1. The highest BCUT2D eigenvalue weighted by molar-refractivity contribution is 7.92. The normalized spacial score (nSPS) is 19.9. The summed E-state index contributed by atoms with van der Waals surface area (Å²) in [4.78, 5) is 11.3. The van der Waals surface area contributed by atoms with Gasteiger partial charge in [-0.15, -0.1) is 0 Å². The molecule has 0 aliphatic heterocycles. The van der Waals surface area contributed by atoms with E-state index in [4.69, 9.17) is 4.74 Å². The molecule has 1 aliphatic carbocycles. The summed E-state index contributed by atoms with van der Waals surface area (Å²) >= 11 is 0. The number of carbonyl (C=O) groups is 1. The van der Waals surface area contributed by atoms with Crippen molar-refractivity contribution in [3.8, 4) is 0 Å². The minimum absolute atomic E-state index is 0.0212. The van der Waals surface area contributed by atoms with Gasteiger partial charge in [0.05, 0.1) is 23.5 Å². The van der Waals surface area contributed by atoms with Crippen molar-refractivity contribution in [2.24, 2.45) is 0 Å². The molecule has 5 heteroatoms. The Morgan fingerprint density at radius 3 is 2.41 bits per heavy atom. The van der Waals surface area contributed by atoms with E-state index in [0.29, 0.717) is 6.61 Å². The van der Waals surface area contributed by atoms with Crippen LogP contribution in [0, 0.1) is 0 Å². The van der Waals surface area contributed by atoms with Gasteiger partial charge in [0.2, 0.25) is 0 Å². The third-order valence-electron chi connectivity index (χ3n) is 3.34. The van der Waals surface area contributed by atoms with Crippen molar-refractivity contribution in [2.75, 3.05) is 6.61 Å². The van der Waals surface area contributed by atoms with Crippen LogP contribution < -0.4 is 0 Å². The predicted octanol–water partition coefficient (Wildman–Crippen LogP) is 2.08. The molecule has 1 atom stereocenters. The standard InChI is InChI=1S/C12H22O4S/c1-3-16-12(13)9-10(2)17(14,15)11-7-5-4-6-8-11/h10-11H,3-9H2,1-2H3. The Hall–Kier alpha value is -0.580. The first-order valence-electron chi connectivity index (χ1n) is 6.36. The van der Waals surface area contributed by atoms with Crippen LogP contribution in [-0.2, 0) is 19.4 Å². The molecule has 0 bridgehead atoms. The zero-order valence-electron chi connectivity index (χ0n) is 10.6. The predicted molar refractivity (Wildman–Crippen MR) is 66.5 cm³/mol. The Balaban J connectivity index is 2.59. The van der Waals surface area contributed by atoms with Crippen LogP contribution >= 0.6 is 0 Å². The molecule has 0 aromatic rings. The van der Waals surface area contributed by atoms with Gasteiger partial charge < -0.3 is 4.74 Å². The number of esters is 1. The van der Waals surface area contributed by atoms with Crippen molar-refractivity contribution in [2.45, 2.75) is 62.9 Å². The molecule has 1 rings (SSSR count). The number of rotatable bonds is 5. The van der Waals surface area contributed by atoms with Crippen LogP contribution in [0.15, 0.2) is 0 Å². The molecule has 0 amide bonds. The summed E-state index contributed by atoms with van der Waals surface area (Å²) in [7, 11) is -3.18. The average Bonchev–Trinajstić information content (AvgIpc) is 2.30. The van der Waals surface area contributed by atoms with Crippen LogP contribution in [0.3, 0.4) is 0 Å². The van der Waals surface area contributed by atoms with Gasteiger partial charge in [0, 0.05) is 0 Å². The summed E-state index contributed by atoms with van der Waals surface area (Å²) in [6, 6.07) is 0. The minimum Gasteiger partial charge on any atom is -0.466 e. The fourth-order valence-electron chi connectivity index (χ4n) is 2.29. The van der Waals surface area contributed by atoms with E-state index in [-0.39, 0.29) is 11.7 Å². The van der Waals surface area contributed by atoms with Gasteiger partial charge in [-0.25, -0.2) is 8.42 Å². The molecule has 1 aliphatic rings. The molecule has 1 fully saturated rings. The van der Waals surface area contributed by atoms with Gasteiger partial charge in [0.15, 0.2) is 9.84 Å². The first-order valence-corrected chi connectivity index (χ1v) is 7.97. The highest BCUT2D eigenvalue weighted by Crippen LogP contribution is 2.27. The Labute approximate surface area is 104 Å². The first kappa shape index (κ1) is 14.5. The van der Waals surface area contributed by atoms with E-state index < -0.39 is 21.1 Å². The second-order valence-electron chi connectivity index (χ2n) is 4.67. The molecule has 0 aromatic heterocycles. The molecular weight excluding hydrogens is 240 g/mol. The fourth-order valence-corrected chi connectivity index (χ4v) is 4.31. The van der Waals surface area contributed by atoms with Gasteiger partial charge in [-0.2, -0.15) is 0 Å². The minimum atomic E-state index is -3.18. The summed E-state index contributed by atoms with van der Waals surface area (Å²) in [6.45, 7) is 3.63. The lowest BCUT2D eigenvalue weighted by Crippen LogP contribution is -2.33. The molecule has 100 valence electrons. The van der Waals surface area contributed by atoms with Crippen molar-refractivity contribution in [3.05, 3.63) is 0 Å². The molecule has 0 N–H and O–H groups in total. The van der Waals surface area contributed by atoms with Gasteiger partial charge in [-0.05, 0) is 26.7 Å². The maximum atomic E-state index is 12.2. The smallest absolute Gasteiger partial charge is 0.307 e. The Kier molecular flexibility index (Phi) is 5.43. The van der Waals surface area contributed by atoms with E-state index in [2.05, 4.69) is 0 Å². The van der Waals surface area contributed by atoms with Crippen LogP contribution in [0.25, 0.3) is 0 Å². The summed E-state index contributed by atoms with van der Waals surface area (Å²) in [5.41, 5.74) is 0. The number of sulfone groups is 1. The maximum absolute atomic E-state index is 12.2. The summed E-state index contributed by atoms with van der Waals surface area (Å²) < 4.78 is 29.2. The topological polar surface area (TPSA) is 60.4 Å². The van der Waals surface area contributed by atoms with Crippen molar-refractivity contribution in [1.29, 1.82) is 0 Å². The summed E-state index contributed by atoms with van der Waals surface area (Å²) in [6.07, 6.45) is 4.56. The van der Waals surface area contributed by atoms with Gasteiger partial charge >= 0.3 is 5.97 Å². The van der Waals surface area contributed by atoms with Crippen LogP contribution in [0.1, 0.15) is 52.4 Å². The van der Waals surface area contributed by atoms with E-state index in [9.17, 15) is 13.2 Å². The monoisotopic (exact) mass is 262 g/mol. The average molecular weight is 262 g/mol. The third kappa shape index (κ3) is 3.98.